The van der Waals surface area contributed by atoms with Gasteiger partial charge in [0, 0.05) is 39.8 Å². The van der Waals surface area contributed by atoms with Gasteiger partial charge in [-0.15, -0.1) is 24.0 Å². The normalized spacial score (nSPS) is 26.2. The molecule has 0 bridgehead atoms. The maximum atomic E-state index is 12.8. The molecule has 8 heteroatoms. The number of halogens is 1. The third kappa shape index (κ3) is 5.30. The highest BCUT2D eigenvalue weighted by Gasteiger charge is 2.36. The Labute approximate surface area is 198 Å². The average molecular weight is 547 g/mol. The summed E-state index contributed by atoms with van der Waals surface area (Å²) in [5.74, 6) is 3.19. The number of likely N-dealkylation sites (tertiary alicyclic amines) is 1. The molecule has 2 atom stereocenters. The monoisotopic (exact) mass is 546 g/mol. The summed E-state index contributed by atoms with van der Waals surface area (Å²) in [7, 11) is -1.49. The molecule has 30 heavy (non-hydrogen) atoms. The van der Waals surface area contributed by atoms with E-state index in [-0.39, 0.29) is 24.0 Å². The van der Waals surface area contributed by atoms with E-state index >= 15 is 0 Å². The van der Waals surface area contributed by atoms with Gasteiger partial charge in [-0.3, -0.25) is 4.99 Å². The number of nitrogens with one attached hydrogen (secondary N) is 1. The molecule has 0 aromatic heterocycles. The van der Waals surface area contributed by atoms with Crippen molar-refractivity contribution < 1.29 is 8.42 Å². The number of hydrogen-bond donors (Lipinski definition) is 1. The third-order valence-electron chi connectivity index (χ3n) is 6.99. The van der Waals surface area contributed by atoms with Gasteiger partial charge in [0.2, 0.25) is 10.0 Å². The smallest absolute Gasteiger partial charge is 0.243 e. The van der Waals surface area contributed by atoms with Crippen molar-refractivity contribution in [3.63, 3.8) is 0 Å². The third-order valence-corrected chi connectivity index (χ3v) is 8.90. The van der Waals surface area contributed by atoms with Crippen LogP contribution in [0.4, 0.5) is 0 Å². The lowest BCUT2D eigenvalue weighted by molar-refractivity contribution is 0.272. The maximum absolute atomic E-state index is 12.8. The van der Waals surface area contributed by atoms with Crippen LogP contribution < -0.4 is 5.32 Å². The fourth-order valence-electron chi connectivity index (χ4n) is 5.24. The number of fused-ring (bicyclic) bond motifs is 1. The zero-order valence-electron chi connectivity index (χ0n) is 17.9. The molecule has 1 aliphatic carbocycles. The highest BCUT2D eigenvalue weighted by molar-refractivity contribution is 14.0. The van der Waals surface area contributed by atoms with Gasteiger partial charge >= 0.3 is 0 Å². The Balaban J connectivity index is 0.00000256. The number of nitrogens with zero attached hydrogens (tertiary/aromatic N) is 3. The second-order valence-electron chi connectivity index (χ2n) is 8.80. The summed E-state index contributed by atoms with van der Waals surface area (Å²) in [6.45, 7) is 4.33. The van der Waals surface area contributed by atoms with Gasteiger partial charge in [0.15, 0.2) is 5.96 Å². The Morgan fingerprint density at radius 3 is 2.20 bits per heavy atom. The molecule has 168 valence electrons. The molecule has 1 aromatic rings. The van der Waals surface area contributed by atoms with Gasteiger partial charge in [0.05, 0.1) is 4.90 Å². The summed E-state index contributed by atoms with van der Waals surface area (Å²) in [6, 6.07) is 8.77. The summed E-state index contributed by atoms with van der Waals surface area (Å²) in [5.41, 5.74) is 0. The van der Waals surface area contributed by atoms with Crippen molar-refractivity contribution >= 4 is 40.0 Å². The molecule has 6 nitrogen and oxygen atoms in total. The maximum Gasteiger partial charge on any atom is 0.243 e. The molecule has 0 radical (unpaired) electrons. The van der Waals surface area contributed by atoms with Crippen LogP contribution in [0.5, 0.6) is 0 Å². The molecular formula is C22H35IN4O2S. The zero-order chi connectivity index (χ0) is 20.3. The van der Waals surface area contributed by atoms with Gasteiger partial charge in [-0.25, -0.2) is 8.42 Å². The Kier molecular flexibility index (Phi) is 8.43. The predicted molar refractivity (Wildman–Crippen MR) is 132 cm³/mol. The first-order valence-corrected chi connectivity index (χ1v) is 12.5. The van der Waals surface area contributed by atoms with Crippen molar-refractivity contribution in [2.75, 3.05) is 39.8 Å². The lowest BCUT2D eigenvalue weighted by Gasteiger charge is -2.32. The van der Waals surface area contributed by atoms with Crippen LogP contribution in [0.25, 0.3) is 0 Å². The fraction of sp³-hybridized carbons (Fsp3) is 0.682. The number of sulfonamides is 1. The van der Waals surface area contributed by atoms with Crippen molar-refractivity contribution in [3.05, 3.63) is 30.3 Å². The molecule has 2 aliphatic heterocycles. The molecule has 1 saturated carbocycles. The lowest BCUT2D eigenvalue weighted by Crippen LogP contribution is -2.45. The van der Waals surface area contributed by atoms with E-state index in [0.29, 0.717) is 23.9 Å². The van der Waals surface area contributed by atoms with Crippen molar-refractivity contribution in [1.29, 1.82) is 0 Å². The summed E-state index contributed by atoms with van der Waals surface area (Å²) >= 11 is 0. The quantitative estimate of drug-likeness (QED) is 0.357. The van der Waals surface area contributed by atoms with Crippen LogP contribution in [0.1, 0.15) is 38.5 Å². The highest BCUT2D eigenvalue weighted by Crippen LogP contribution is 2.36. The van der Waals surface area contributed by atoms with Gasteiger partial charge < -0.3 is 10.2 Å². The average Bonchev–Trinajstić information content (AvgIpc) is 3.19. The first-order valence-electron chi connectivity index (χ1n) is 11.1. The summed E-state index contributed by atoms with van der Waals surface area (Å²) in [6.07, 6.45) is 7.28. The lowest BCUT2D eigenvalue weighted by atomic mass is 9.82. The summed E-state index contributed by atoms with van der Waals surface area (Å²) in [5, 5.41) is 3.58. The van der Waals surface area contributed by atoms with Crippen LogP contribution in [0, 0.1) is 17.8 Å². The number of benzene rings is 1. The number of hydrogen-bond acceptors (Lipinski definition) is 3. The Hall–Kier alpha value is -0.870. The molecule has 3 aliphatic rings. The minimum absolute atomic E-state index is 0. The van der Waals surface area contributed by atoms with E-state index in [1.165, 1.54) is 25.7 Å². The molecule has 2 saturated heterocycles. The largest absolute Gasteiger partial charge is 0.356 e. The topological polar surface area (TPSA) is 65.0 Å². The number of rotatable bonds is 4. The van der Waals surface area contributed by atoms with Gasteiger partial charge in [-0.05, 0) is 55.6 Å². The molecule has 3 fully saturated rings. The first-order chi connectivity index (χ1) is 14.1. The predicted octanol–water partition coefficient (Wildman–Crippen LogP) is 3.40. The second-order valence-corrected chi connectivity index (χ2v) is 10.7. The van der Waals surface area contributed by atoms with Gasteiger partial charge in [0.25, 0.3) is 0 Å². The van der Waals surface area contributed by atoms with Crippen molar-refractivity contribution in [2.45, 2.75) is 43.4 Å². The summed E-state index contributed by atoms with van der Waals surface area (Å²) in [4.78, 5) is 7.37. The Morgan fingerprint density at radius 1 is 1.03 bits per heavy atom. The van der Waals surface area contributed by atoms with Gasteiger partial charge in [-0.2, -0.15) is 4.31 Å². The molecule has 0 amide bonds. The van der Waals surface area contributed by atoms with Crippen LogP contribution in [0.15, 0.2) is 40.2 Å². The molecule has 0 spiro atoms. The van der Waals surface area contributed by atoms with E-state index in [1.807, 2.05) is 13.1 Å². The fourth-order valence-corrected chi connectivity index (χ4v) is 6.73. The van der Waals surface area contributed by atoms with E-state index in [0.717, 1.165) is 50.3 Å². The van der Waals surface area contributed by atoms with E-state index < -0.39 is 10.0 Å². The van der Waals surface area contributed by atoms with E-state index in [4.69, 9.17) is 0 Å². The van der Waals surface area contributed by atoms with Crippen LogP contribution in [0.2, 0.25) is 0 Å². The van der Waals surface area contributed by atoms with E-state index in [9.17, 15) is 8.42 Å². The van der Waals surface area contributed by atoms with Crippen LogP contribution in [-0.2, 0) is 10.0 Å². The van der Waals surface area contributed by atoms with Gasteiger partial charge in [-0.1, -0.05) is 31.0 Å². The number of guanidine groups is 1. The summed E-state index contributed by atoms with van der Waals surface area (Å²) < 4.78 is 27.2. The molecule has 1 N–H and O–H groups in total. The molecular weight excluding hydrogens is 511 g/mol. The Morgan fingerprint density at radius 2 is 1.63 bits per heavy atom. The second kappa shape index (κ2) is 10.6. The van der Waals surface area contributed by atoms with Crippen molar-refractivity contribution in [1.82, 2.24) is 14.5 Å². The Bertz CT molecular complexity index is 796. The van der Waals surface area contributed by atoms with Gasteiger partial charge in [0.1, 0.15) is 0 Å². The highest BCUT2D eigenvalue weighted by atomic mass is 127. The number of aliphatic imine (C=N–C) groups is 1. The molecule has 2 unspecified atom stereocenters. The number of piperidine rings is 1. The van der Waals surface area contributed by atoms with Crippen LogP contribution >= 0.6 is 24.0 Å². The van der Waals surface area contributed by atoms with Crippen molar-refractivity contribution in [2.24, 2.45) is 22.7 Å². The zero-order valence-corrected chi connectivity index (χ0v) is 21.0. The first kappa shape index (κ1) is 23.8. The SMILES string of the molecule is CN=C(NCC1CCN(S(=O)(=O)c2ccccc2)CC1)N1CC2CCCCC2C1.I. The standard InChI is InChI=1S/C22H34N4O2S.HI/c1-23-22(25-16-19-7-5-6-8-20(19)17-25)24-15-18-11-13-26(14-12-18)29(27,28)21-9-3-2-4-10-21;/h2-4,9-10,18-20H,5-8,11-17H2,1H3,(H,23,24);1H. The molecule has 1 aromatic carbocycles. The molecule has 2 heterocycles. The van der Waals surface area contributed by atoms with Crippen LogP contribution in [-0.4, -0.2) is 63.4 Å². The molecule has 4 rings (SSSR count). The van der Waals surface area contributed by atoms with E-state index in [1.54, 1.807) is 28.6 Å². The van der Waals surface area contributed by atoms with E-state index in [2.05, 4.69) is 15.2 Å². The van der Waals surface area contributed by atoms with Crippen molar-refractivity contribution in [3.8, 4) is 0 Å². The minimum Gasteiger partial charge on any atom is -0.356 e. The minimum atomic E-state index is -3.37. The van der Waals surface area contributed by atoms with Crippen LogP contribution in [0.3, 0.4) is 0 Å².